The second-order valence-corrected chi connectivity index (χ2v) is 10.5. The van der Waals surface area contributed by atoms with Gasteiger partial charge in [0.05, 0.1) is 23.0 Å². The van der Waals surface area contributed by atoms with Crippen LogP contribution in [0.4, 0.5) is 4.39 Å². The molecule has 2 aromatic heterocycles. The molecule has 3 aromatic rings. The van der Waals surface area contributed by atoms with Gasteiger partial charge in [-0.1, -0.05) is 0 Å². The lowest BCUT2D eigenvalue weighted by molar-refractivity contribution is 0.00548. The molecule has 2 fully saturated rings. The summed E-state index contributed by atoms with van der Waals surface area (Å²) in [6, 6.07) is 7.13. The minimum Gasteiger partial charge on any atom is -0.396 e. The van der Waals surface area contributed by atoms with Gasteiger partial charge in [0.15, 0.2) is 0 Å². The SMILES string of the molecule is CC(C)N(C)C(=O)c1cc(F)ccc1-n1cc([C@H]2CC[C@@H](N3CC(CO)C3)CC2)c2ccncc21. The summed E-state index contributed by atoms with van der Waals surface area (Å²) in [6.45, 7) is 6.22. The highest BCUT2D eigenvalue weighted by Crippen LogP contribution is 2.40. The van der Waals surface area contributed by atoms with Crippen molar-refractivity contribution in [1.82, 2.24) is 19.4 Å². The van der Waals surface area contributed by atoms with Gasteiger partial charge in [0.2, 0.25) is 0 Å². The molecule has 3 heterocycles. The summed E-state index contributed by atoms with van der Waals surface area (Å²) in [5, 5.41) is 10.5. The third kappa shape index (κ3) is 4.47. The lowest BCUT2D eigenvalue weighted by atomic mass is 9.80. The van der Waals surface area contributed by atoms with Gasteiger partial charge in [-0.2, -0.15) is 0 Å². The lowest BCUT2D eigenvalue weighted by Gasteiger charge is -2.46. The zero-order valence-corrected chi connectivity index (χ0v) is 20.8. The van der Waals surface area contributed by atoms with E-state index in [-0.39, 0.29) is 11.9 Å². The van der Waals surface area contributed by atoms with Gasteiger partial charge in [-0.3, -0.25) is 14.7 Å². The molecule has 6 nitrogen and oxygen atoms in total. The summed E-state index contributed by atoms with van der Waals surface area (Å²) in [5.74, 6) is 0.264. The van der Waals surface area contributed by atoms with Gasteiger partial charge in [-0.15, -0.1) is 0 Å². The quantitative estimate of drug-likeness (QED) is 0.563. The van der Waals surface area contributed by atoms with E-state index in [0.29, 0.717) is 35.7 Å². The molecule has 1 saturated carbocycles. The summed E-state index contributed by atoms with van der Waals surface area (Å²) >= 11 is 0. The van der Waals surface area contributed by atoms with Gasteiger partial charge in [-0.05, 0) is 75.3 Å². The van der Waals surface area contributed by atoms with Gasteiger partial charge < -0.3 is 14.6 Å². The Kier molecular flexibility index (Phi) is 6.64. The van der Waals surface area contributed by atoms with Crippen LogP contribution in [-0.2, 0) is 0 Å². The second kappa shape index (κ2) is 9.70. The molecule has 0 spiro atoms. The highest BCUT2D eigenvalue weighted by Gasteiger charge is 2.35. The number of hydrogen-bond donors (Lipinski definition) is 1. The first-order chi connectivity index (χ1) is 16.9. The Balaban J connectivity index is 1.47. The Morgan fingerprint density at radius 2 is 1.94 bits per heavy atom. The minimum absolute atomic E-state index is 0.00602. The van der Waals surface area contributed by atoms with E-state index in [1.165, 1.54) is 17.7 Å². The summed E-state index contributed by atoms with van der Waals surface area (Å²) < 4.78 is 16.3. The van der Waals surface area contributed by atoms with E-state index in [4.69, 9.17) is 0 Å². The number of rotatable bonds is 6. The van der Waals surface area contributed by atoms with Crippen LogP contribution in [0.15, 0.2) is 42.9 Å². The maximum Gasteiger partial charge on any atom is 0.256 e. The fourth-order valence-electron chi connectivity index (χ4n) is 5.71. The largest absolute Gasteiger partial charge is 0.396 e. The number of nitrogens with zero attached hydrogens (tertiary/aromatic N) is 4. The van der Waals surface area contributed by atoms with E-state index in [9.17, 15) is 14.3 Å². The first kappa shape index (κ1) is 23.9. The molecule has 1 saturated heterocycles. The Hall–Kier alpha value is -2.77. The van der Waals surface area contributed by atoms with Gasteiger partial charge in [0.1, 0.15) is 5.82 Å². The summed E-state index contributed by atoms with van der Waals surface area (Å²) in [6.07, 6.45) is 10.3. The fraction of sp³-hybridized carbons (Fsp3) is 0.500. The van der Waals surface area contributed by atoms with E-state index in [0.717, 1.165) is 49.7 Å². The molecule has 1 amide bonds. The van der Waals surface area contributed by atoms with Crippen LogP contribution in [0.25, 0.3) is 16.6 Å². The Labute approximate surface area is 206 Å². The fourth-order valence-corrected chi connectivity index (χ4v) is 5.71. The second-order valence-electron chi connectivity index (χ2n) is 10.5. The number of fused-ring (bicyclic) bond motifs is 1. The van der Waals surface area contributed by atoms with Gasteiger partial charge in [0, 0.05) is 62.5 Å². The summed E-state index contributed by atoms with van der Waals surface area (Å²) in [7, 11) is 1.75. The van der Waals surface area contributed by atoms with Crippen molar-refractivity contribution in [2.45, 2.75) is 57.5 Å². The van der Waals surface area contributed by atoms with E-state index in [1.54, 1.807) is 18.0 Å². The van der Waals surface area contributed by atoms with Crippen molar-refractivity contribution in [1.29, 1.82) is 0 Å². The van der Waals surface area contributed by atoms with Crippen molar-refractivity contribution in [2.24, 2.45) is 5.92 Å². The first-order valence-electron chi connectivity index (χ1n) is 12.7. The van der Waals surface area contributed by atoms with Crippen LogP contribution in [0, 0.1) is 11.7 Å². The molecule has 0 unspecified atom stereocenters. The van der Waals surface area contributed by atoms with Crippen LogP contribution in [0.2, 0.25) is 0 Å². The molecule has 0 atom stereocenters. The number of carbonyl (C=O) groups is 1. The van der Waals surface area contributed by atoms with Gasteiger partial charge in [0.25, 0.3) is 5.91 Å². The predicted molar refractivity (Wildman–Crippen MR) is 135 cm³/mol. The zero-order chi connectivity index (χ0) is 24.7. The molecule has 5 rings (SSSR count). The zero-order valence-electron chi connectivity index (χ0n) is 20.8. The Morgan fingerprint density at radius 1 is 1.20 bits per heavy atom. The molecule has 186 valence electrons. The minimum atomic E-state index is -0.420. The topological polar surface area (TPSA) is 61.6 Å². The third-order valence-corrected chi connectivity index (χ3v) is 8.08. The number of aliphatic hydroxyl groups is 1. The number of halogens is 1. The Bertz CT molecular complexity index is 1210. The lowest BCUT2D eigenvalue weighted by Crippen LogP contribution is -2.54. The predicted octanol–water partition coefficient (Wildman–Crippen LogP) is 4.60. The highest BCUT2D eigenvalue weighted by molar-refractivity contribution is 5.99. The van der Waals surface area contributed by atoms with Crippen LogP contribution in [0.3, 0.4) is 0 Å². The van der Waals surface area contributed by atoms with Crippen molar-refractivity contribution >= 4 is 16.8 Å². The average molecular weight is 479 g/mol. The number of aromatic nitrogens is 2. The number of amides is 1. The van der Waals surface area contributed by atoms with Crippen LogP contribution < -0.4 is 0 Å². The smallest absolute Gasteiger partial charge is 0.256 e. The van der Waals surface area contributed by atoms with Crippen LogP contribution in [0.1, 0.15) is 61.4 Å². The Morgan fingerprint density at radius 3 is 2.63 bits per heavy atom. The van der Waals surface area contributed by atoms with E-state index < -0.39 is 5.82 Å². The maximum atomic E-state index is 14.3. The average Bonchev–Trinajstić information content (AvgIpc) is 3.22. The molecule has 0 radical (unpaired) electrons. The molecule has 1 aliphatic heterocycles. The van der Waals surface area contributed by atoms with E-state index in [1.807, 2.05) is 30.8 Å². The summed E-state index contributed by atoms with van der Waals surface area (Å²) in [4.78, 5) is 21.8. The molecule has 0 bridgehead atoms. The van der Waals surface area contributed by atoms with Crippen LogP contribution in [0.5, 0.6) is 0 Å². The van der Waals surface area contributed by atoms with Crippen molar-refractivity contribution in [3.8, 4) is 5.69 Å². The van der Waals surface area contributed by atoms with Crippen LogP contribution >= 0.6 is 0 Å². The van der Waals surface area contributed by atoms with Crippen LogP contribution in [-0.4, -0.2) is 69.2 Å². The summed E-state index contributed by atoms with van der Waals surface area (Å²) in [5.41, 5.74) is 3.24. The molecule has 35 heavy (non-hydrogen) atoms. The molecule has 7 heteroatoms. The van der Waals surface area contributed by atoms with E-state index >= 15 is 0 Å². The monoisotopic (exact) mass is 478 g/mol. The molecule has 2 aliphatic rings. The van der Waals surface area contributed by atoms with Crippen molar-refractivity contribution in [3.05, 3.63) is 59.8 Å². The van der Waals surface area contributed by atoms with Gasteiger partial charge in [-0.25, -0.2) is 4.39 Å². The number of hydrogen-bond acceptors (Lipinski definition) is 4. The number of carbonyl (C=O) groups excluding carboxylic acids is 1. The first-order valence-corrected chi connectivity index (χ1v) is 12.7. The third-order valence-electron chi connectivity index (χ3n) is 8.08. The van der Waals surface area contributed by atoms with Crippen molar-refractivity contribution < 1.29 is 14.3 Å². The van der Waals surface area contributed by atoms with Gasteiger partial charge >= 0.3 is 0 Å². The van der Waals surface area contributed by atoms with Crippen molar-refractivity contribution in [3.63, 3.8) is 0 Å². The number of likely N-dealkylation sites (tertiary alicyclic amines) is 1. The number of pyridine rings is 1. The van der Waals surface area contributed by atoms with Crippen molar-refractivity contribution in [2.75, 3.05) is 26.7 Å². The molecule has 1 aromatic carbocycles. The number of aliphatic hydroxyl groups excluding tert-OH is 1. The normalized spacial score (nSPS) is 21.4. The van der Waals surface area contributed by atoms with E-state index in [2.05, 4.69) is 22.1 Å². The molecular formula is C28H35FN4O2. The molecule has 1 aliphatic carbocycles. The highest BCUT2D eigenvalue weighted by atomic mass is 19.1. The standard InChI is InChI=1S/C28H35FN4O2/c1-18(2)31(3)28(35)24-12-21(29)6-9-26(24)33-16-25(23-10-11-30-13-27(23)33)20-4-7-22(8-5-20)32-14-19(15-32)17-34/h6,9-13,16,18-20,22,34H,4-5,7-8,14-15,17H2,1-3H3/t20-,22+. The number of benzene rings is 1. The molecule has 1 N–H and O–H groups in total. The maximum absolute atomic E-state index is 14.3. The molecular weight excluding hydrogens is 443 g/mol.